The molecule has 4 rings (SSSR count). The van der Waals surface area contributed by atoms with Crippen LogP contribution < -0.4 is 5.32 Å². The average Bonchev–Trinajstić information content (AvgIpc) is 3.30. The molecule has 1 aliphatic carbocycles. The zero-order valence-electron chi connectivity index (χ0n) is 16.3. The Morgan fingerprint density at radius 3 is 2.50 bits per heavy atom. The molecule has 0 bridgehead atoms. The van der Waals surface area contributed by atoms with Crippen molar-refractivity contribution in [3.63, 3.8) is 0 Å². The summed E-state index contributed by atoms with van der Waals surface area (Å²) in [6.45, 7) is 1.71. The maximum atomic E-state index is 12.9. The smallest absolute Gasteiger partial charge is 0.317 e. The van der Waals surface area contributed by atoms with Crippen LogP contribution in [0.2, 0.25) is 0 Å². The highest BCUT2D eigenvalue weighted by Gasteiger charge is 2.55. The largest absolute Gasteiger partial charge is 0.338 e. The van der Waals surface area contributed by atoms with Crippen LogP contribution in [0.5, 0.6) is 0 Å². The van der Waals surface area contributed by atoms with E-state index in [1.807, 2.05) is 28.0 Å². The molecule has 1 unspecified atom stereocenters. The summed E-state index contributed by atoms with van der Waals surface area (Å²) in [4.78, 5) is 28.3. The van der Waals surface area contributed by atoms with Gasteiger partial charge in [-0.25, -0.2) is 4.79 Å². The lowest BCUT2D eigenvalue weighted by molar-refractivity contribution is -0.133. The van der Waals surface area contributed by atoms with Crippen LogP contribution in [0.3, 0.4) is 0 Å². The number of carbonyl (C=O) groups is 2. The predicted octanol–water partition coefficient (Wildman–Crippen LogP) is 2.26. The van der Waals surface area contributed by atoms with Gasteiger partial charge in [0.1, 0.15) is 10.6 Å². The summed E-state index contributed by atoms with van der Waals surface area (Å²) < 4.78 is 12.9. The van der Waals surface area contributed by atoms with Crippen molar-refractivity contribution >= 4 is 22.7 Å². The van der Waals surface area contributed by atoms with Crippen molar-refractivity contribution < 1.29 is 13.8 Å². The first-order valence-electron chi connectivity index (χ1n) is 10.4. The lowest BCUT2D eigenvalue weighted by Crippen LogP contribution is -2.59. The van der Waals surface area contributed by atoms with Crippen molar-refractivity contribution in [2.24, 2.45) is 0 Å². The summed E-state index contributed by atoms with van der Waals surface area (Å²) in [6.07, 6.45) is 6.38. The van der Waals surface area contributed by atoms with E-state index in [4.69, 9.17) is 0 Å². The van der Waals surface area contributed by atoms with Gasteiger partial charge in [0.25, 0.3) is 0 Å². The number of hydrogen-bond acceptors (Lipinski definition) is 3. The molecule has 1 aromatic carbocycles. The lowest BCUT2D eigenvalue weighted by atomic mass is 9.99. The molecular weight excluding hydrogens is 374 g/mol. The first-order valence-corrected chi connectivity index (χ1v) is 11.7. The van der Waals surface area contributed by atoms with Crippen LogP contribution in [0.1, 0.15) is 44.1 Å². The Labute approximate surface area is 169 Å². The number of nitrogens with zero attached hydrogens (tertiary/aromatic N) is 2. The van der Waals surface area contributed by atoms with Gasteiger partial charge < -0.3 is 15.1 Å². The van der Waals surface area contributed by atoms with Gasteiger partial charge in [-0.1, -0.05) is 43.2 Å². The third kappa shape index (κ3) is 3.69. The molecule has 7 heteroatoms. The van der Waals surface area contributed by atoms with E-state index in [1.165, 1.54) is 5.56 Å². The summed E-state index contributed by atoms with van der Waals surface area (Å²) in [5.41, 5.74) is 1.20. The monoisotopic (exact) mass is 403 g/mol. The van der Waals surface area contributed by atoms with Crippen LogP contribution in [-0.2, 0) is 22.0 Å². The molecule has 3 aliphatic rings. The first-order chi connectivity index (χ1) is 13.6. The predicted molar refractivity (Wildman–Crippen MR) is 109 cm³/mol. The topological polar surface area (TPSA) is 69.7 Å². The molecule has 3 amide bonds. The highest BCUT2D eigenvalue weighted by molar-refractivity contribution is 7.87. The van der Waals surface area contributed by atoms with Gasteiger partial charge in [0, 0.05) is 38.5 Å². The molecule has 1 N–H and O–H groups in total. The molecule has 2 heterocycles. The molecule has 1 aromatic rings. The van der Waals surface area contributed by atoms with E-state index < -0.39 is 15.7 Å². The Morgan fingerprint density at radius 2 is 1.82 bits per heavy atom. The third-order valence-corrected chi connectivity index (χ3v) is 8.40. The number of urea groups is 1. The highest BCUT2D eigenvalue weighted by atomic mass is 32.2. The van der Waals surface area contributed by atoms with Gasteiger partial charge in [0.05, 0.1) is 10.8 Å². The molecule has 2 aliphatic heterocycles. The molecule has 1 spiro atoms. The molecule has 0 aromatic heterocycles. The number of benzene rings is 1. The summed E-state index contributed by atoms with van der Waals surface area (Å²) in [5, 5.41) is 3.00. The minimum absolute atomic E-state index is 0.0472. The second-order valence-corrected chi connectivity index (χ2v) is 9.83. The van der Waals surface area contributed by atoms with Gasteiger partial charge in [-0.2, -0.15) is 0 Å². The Kier molecular flexibility index (Phi) is 5.71. The van der Waals surface area contributed by atoms with E-state index in [0.29, 0.717) is 32.5 Å². The molecule has 152 valence electrons. The Hall–Kier alpha value is -1.89. The summed E-state index contributed by atoms with van der Waals surface area (Å²) >= 11 is 0. The molecule has 1 saturated carbocycles. The number of rotatable bonds is 4. The standard InChI is InChI=1S/C21H29N3O3S/c25-19-16-28(27)21(24(19)18-8-4-5-9-18)11-14-23(15-12-21)20(26)22-13-10-17-6-2-1-3-7-17/h1-3,6-7,18H,4-5,8-16H2,(H,22,26). The maximum Gasteiger partial charge on any atom is 0.317 e. The van der Waals surface area contributed by atoms with Crippen molar-refractivity contribution in [2.45, 2.75) is 55.9 Å². The van der Waals surface area contributed by atoms with Gasteiger partial charge in [-0.3, -0.25) is 9.00 Å². The van der Waals surface area contributed by atoms with Crippen LogP contribution in [-0.4, -0.2) is 62.2 Å². The van der Waals surface area contributed by atoms with Crippen molar-refractivity contribution in [1.29, 1.82) is 0 Å². The van der Waals surface area contributed by atoms with Crippen LogP contribution in [0.25, 0.3) is 0 Å². The minimum Gasteiger partial charge on any atom is -0.338 e. The number of piperidine rings is 1. The second kappa shape index (κ2) is 8.23. The molecule has 1 atom stereocenters. The maximum absolute atomic E-state index is 12.9. The van der Waals surface area contributed by atoms with Gasteiger partial charge >= 0.3 is 6.03 Å². The third-order valence-electron chi connectivity index (χ3n) is 6.44. The van der Waals surface area contributed by atoms with E-state index in [2.05, 4.69) is 17.4 Å². The number of amides is 3. The van der Waals surface area contributed by atoms with Crippen LogP contribution >= 0.6 is 0 Å². The first kappa shape index (κ1) is 19.4. The summed E-state index contributed by atoms with van der Waals surface area (Å²) in [5.74, 6) is 0.200. The van der Waals surface area contributed by atoms with Gasteiger partial charge in [-0.05, 0) is 24.8 Å². The van der Waals surface area contributed by atoms with Gasteiger partial charge in [0.2, 0.25) is 5.91 Å². The fourth-order valence-corrected chi connectivity index (χ4v) is 6.69. The number of likely N-dealkylation sites (tertiary alicyclic amines) is 1. The van der Waals surface area contributed by atoms with E-state index in [9.17, 15) is 13.8 Å². The van der Waals surface area contributed by atoms with Crippen molar-refractivity contribution in [3.05, 3.63) is 35.9 Å². The summed E-state index contributed by atoms with van der Waals surface area (Å²) in [7, 11) is -1.16. The SMILES string of the molecule is O=C(NCCc1ccccc1)N1CCC2(CC1)N(C1CCCC1)C(=O)CS2=O. The minimum atomic E-state index is -1.16. The van der Waals surface area contributed by atoms with Gasteiger partial charge in [-0.15, -0.1) is 0 Å². The molecule has 0 radical (unpaired) electrons. The lowest BCUT2D eigenvalue weighted by Gasteiger charge is -2.45. The average molecular weight is 404 g/mol. The zero-order valence-corrected chi connectivity index (χ0v) is 17.1. The fourth-order valence-electron chi connectivity index (χ4n) is 4.95. The summed E-state index contributed by atoms with van der Waals surface area (Å²) in [6, 6.07) is 10.3. The Bertz CT molecular complexity index is 741. The van der Waals surface area contributed by atoms with Gasteiger partial charge in [0.15, 0.2) is 0 Å². The van der Waals surface area contributed by atoms with Crippen LogP contribution in [0.15, 0.2) is 30.3 Å². The molecule has 2 saturated heterocycles. The van der Waals surface area contributed by atoms with Crippen molar-refractivity contribution in [2.75, 3.05) is 25.4 Å². The zero-order chi connectivity index (χ0) is 19.6. The fraction of sp³-hybridized carbons (Fsp3) is 0.619. The van der Waals surface area contributed by atoms with Crippen molar-refractivity contribution in [3.8, 4) is 0 Å². The van der Waals surface area contributed by atoms with Crippen molar-refractivity contribution in [1.82, 2.24) is 15.1 Å². The molecule has 3 fully saturated rings. The Morgan fingerprint density at radius 1 is 1.14 bits per heavy atom. The quantitative estimate of drug-likeness (QED) is 0.838. The molecule has 6 nitrogen and oxygen atoms in total. The van der Waals surface area contributed by atoms with Crippen LogP contribution in [0, 0.1) is 0 Å². The van der Waals surface area contributed by atoms with E-state index >= 15 is 0 Å². The molecule has 28 heavy (non-hydrogen) atoms. The second-order valence-electron chi connectivity index (χ2n) is 8.09. The number of carbonyl (C=O) groups excluding carboxylic acids is 2. The highest BCUT2D eigenvalue weighted by Crippen LogP contribution is 2.42. The van der Waals surface area contributed by atoms with E-state index in [0.717, 1.165) is 32.1 Å². The Balaban J connectivity index is 1.33. The number of hydrogen-bond donors (Lipinski definition) is 1. The number of nitrogens with one attached hydrogen (secondary N) is 1. The van der Waals surface area contributed by atoms with E-state index in [1.54, 1.807) is 0 Å². The van der Waals surface area contributed by atoms with E-state index in [-0.39, 0.29) is 23.7 Å². The molecular formula is C21H29N3O3S. The normalized spacial score (nSPS) is 24.9. The van der Waals surface area contributed by atoms with Crippen LogP contribution in [0.4, 0.5) is 4.79 Å².